The monoisotopic (exact) mass is 443 g/mol. The minimum Gasteiger partial charge on any atom is -0.507 e. The lowest BCUT2D eigenvalue weighted by Gasteiger charge is -2.11. The van der Waals surface area contributed by atoms with Crippen LogP contribution in [0.1, 0.15) is 17.3 Å². The molecule has 0 fully saturated rings. The largest absolute Gasteiger partial charge is 0.507 e. The number of carbonyl (C=O) groups is 1. The molecule has 4 aromatic rings. The standard InChI is InChI=1S/C25H21N3O5/c1-3-33-25(31)16-10-8-15(9-11-16)22-26-23(18-6-4-5-7-20(18)29)28-24(27-22)19-13-12-17(32-2)14-21(19)30/h4-14,29-30H,3H2,1-2H3. The van der Waals surface area contributed by atoms with E-state index in [0.29, 0.717) is 33.8 Å². The highest BCUT2D eigenvalue weighted by Crippen LogP contribution is 2.34. The maximum absolute atomic E-state index is 12.0. The normalized spacial score (nSPS) is 10.6. The van der Waals surface area contributed by atoms with Gasteiger partial charge in [0.05, 0.1) is 30.4 Å². The number of esters is 1. The van der Waals surface area contributed by atoms with Gasteiger partial charge in [-0.25, -0.2) is 19.7 Å². The lowest BCUT2D eigenvalue weighted by molar-refractivity contribution is 0.0526. The second kappa shape index (κ2) is 9.35. The van der Waals surface area contributed by atoms with Gasteiger partial charge in [-0.3, -0.25) is 0 Å². The summed E-state index contributed by atoms with van der Waals surface area (Å²) in [6.07, 6.45) is 0. The van der Waals surface area contributed by atoms with E-state index in [1.54, 1.807) is 61.5 Å². The van der Waals surface area contributed by atoms with Gasteiger partial charge in [0.15, 0.2) is 17.5 Å². The van der Waals surface area contributed by atoms with Gasteiger partial charge in [-0.1, -0.05) is 24.3 Å². The molecule has 166 valence electrons. The average molecular weight is 443 g/mol. The summed E-state index contributed by atoms with van der Waals surface area (Å²) < 4.78 is 10.2. The van der Waals surface area contributed by atoms with E-state index in [4.69, 9.17) is 9.47 Å². The Hall–Kier alpha value is -4.46. The highest BCUT2D eigenvalue weighted by Gasteiger charge is 2.17. The lowest BCUT2D eigenvalue weighted by atomic mass is 10.1. The molecule has 0 atom stereocenters. The van der Waals surface area contributed by atoms with Crippen LogP contribution in [-0.2, 0) is 4.74 Å². The molecule has 0 unspecified atom stereocenters. The summed E-state index contributed by atoms with van der Waals surface area (Å²) in [6.45, 7) is 2.03. The summed E-state index contributed by atoms with van der Waals surface area (Å²) in [5.74, 6) is 0.776. The van der Waals surface area contributed by atoms with Gasteiger partial charge in [0.2, 0.25) is 0 Å². The lowest BCUT2D eigenvalue weighted by Crippen LogP contribution is -2.04. The maximum atomic E-state index is 12.0. The number of carbonyl (C=O) groups excluding carboxylic acids is 1. The van der Waals surface area contributed by atoms with E-state index in [0.717, 1.165) is 0 Å². The third-order valence-corrected chi connectivity index (χ3v) is 4.88. The quantitative estimate of drug-likeness (QED) is 0.420. The second-order valence-corrected chi connectivity index (χ2v) is 7.00. The number of para-hydroxylation sites is 1. The Labute approximate surface area is 190 Å². The molecule has 8 heteroatoms. The van der Waals surface area contributed by atoms with Crippen LogP contribution in [0.3, 0.4) is 0 Å². The number of hydrogen-bond donors (Lipinski definition) is 2. The molecular weight excluding hydrogens is 422 g/mol. The molecule has 0 saturated heterocycles. The molecule has 0 aliphatic rings. The van der Waals surface area contributed by atoms with Crippen molar-refractivity contribution < 1.29 is 24.5 Å². The fourth-order valence-corrected chi connectivity index (χ4v) is 3.21. The number of nitrogens with zero attached hydrogens (tertiary/aromatic N) is 3. The first kappa shape index (κ1) is 21.8. The second-order valence-electron chi connectivity index (χ2n) is 7.00. The molecular formula is C25H21N3O5. The number of benzene rings is 3. The van der Waals surface area contributed by atoms with Gasteiger partial charge in [0.25, 0.3) is 0 Å². The van der Waals surface area contributed by atoms with Crippen molar-refractivity contribution in [1.29, 1.82) is 0 Å². The first-order chi connectivity index (χ1) is 16.0. The first-order valence-electron chi connectivity index (χ1n) is 10.2. The van der Waals surface area contributed by atoms with Gasteiger partial charge >= 0.3 is 5.97 Å². The van der Waals surface area contributed by atoms with Crippen LogP contribution in [-0.4, -0.2) is 44.9 Å². The number of methoxy groups -OCH3 is 1. The van der Waals surface area contributed by atoms with E-state index in [9.17, 15) is 15.0 Å². The molecule has 0 radical (unpaired) electrons. The predicted molar refractivity (Wildman–Crippen MR) is 122 cm³/mol. The third kappa shape index (κ3) is 4.59. The topological polar surface area (TPSA) is 115 Å². The maximum Gasteiger partial charge on any atom is 0.338 e. The Kier molecular flexibility index (Phi) is 6.17. The number of phenolic OH excluding ortho intramolecular Hbond substituents is 2. The molecule has 0 aliphatic carbocycles. The first-order valence-corrected chi connectivity index (χ1v) is 10.2. The number of rotatable bonds is 6. The fourth-order valence-electron chi connectivity index (χ4n) is 3.21. The Morgan fingerprint density at radius 1 is 0.818 bits per heavy atom. The molecule has 33 heavy (non-hydrogen) atoms. The van der Waals surface area contributed by atoms with E-state index in [1.165, 1.54) is 19.2 Å². The minimum absolute atomic E-state index is 0.0113. The smallest absolute Gasteiger partial charge is 0.338 e. The van der Waals surface area contributed by atoms with E-state index >= 15 is 0 Å². The highest BCUT2D eigenvalue weighted by atomic mass is 16.5. The molecule has 1 aromatic heterocycles. The zero-order valence-electron chi connectivity index (χ0n) is 18.0. The van der Waals surface area contributed by atoms with Crippen LogP contribution in [0, 0.1) is 0 Å². The molecule has 0 aliphatic heterocycles. The molecule has 0 saturated carbocycles. The summed E-state index contributed by atoms with van der Waals surface area (Å²) in [7, 11) is 1.51. The summed E-state index contributed by atoms with van der Waals surface area (Å²) in [5, 5.41) is 20.9. The summed E-state index contributed by atoms with van der Waals surface area (Å²) >= 11 is 0. The zero-order valence-corrected chi connectivity index (χ0v) is 18.0. The van der Waals surface area contributed by atoms with E-state index in [-0.39, 0.29) is 29.8 Å². The molecule has 2 N–H and O–H groups in total. The Morgan fingerprint density at radius 3 is 2.06 bits per heavy atom. The van der Waals surface area contributed by atoms with E-state index in [1.807, 2.05) is 0 Å². The zero-order chi connectivity index (χ0) is 23.4. The van der Waals surface area contributed by atoms with Crippen LogP contribution in [0.15, 0.2) is 66.7 Å². The van der Waals surface area contributed by atoms with Crippen molar-refractivity contribution in [2.75, 3.05) is 13.7 Å². The number of ether oxygens (including phenoxy) is 2. The van der Waals surface area contributed by atoms with Gasteiger partial charge in [0.1, 0.15) is 17.2 Å². The summed E-state index contributed by atoms with van der Waals surface area (Å²) in [4.78, 5) is 25.5. The van der Waals surface area contributed by atoms with Gasteiger partial charge < -0.3 is 19.7 Å². The van der Waals surface area contributed by atoms with Crippen LogP contribution in [0.25, 0.3) is 34.2 Å². The molecule has 3 aromatic carbocycles. The fraction of sp³-hybridized carbons (Fsp3) is 0.120. The SMILES string of the molecule is CCOC(=O)c1ccc(-c2nc(-c3ccccc3O)nc(-c3ccc(OC)cc3O)n2)cc1. The number of aromatic hydroxyl groups is 2. The summed E-state index contributed by atoms with van der Waals surface area (Å²) in [5.41, 5.74) is 1.82. The van der Waals surface area contributed by atoms with Crippen LogP contribution in [0.5, 0.6) is 17.2 Å². The van der Waals surface area contributed by atoms with Gasteiger partial charge in [-0.05, 0) is 43.3 Å². The van der Waals surface area contributed by atoms with Crippen LogP contribution < -0.4 is 4.74 Å². The van der Waals surface area contributed by atoms with Crippen LogP contribution in [0.4, 0.5) is 0 Å². The van der Waals surface area contributed by atoms with Crippen molar-refractivity contribution in [1.82, 2.24) is 15.0 Å². The molecule has 0 amide bonds. The molecule has 0 bridgehead atoms. The van der Waals surface area contributed by atoms with Gasteiger partial charge in [-0.15, -0.1) is 0 Å². The van der Waals surface area contributed by atoms with Crippen molar-refractivity contribution in [2.45, 2.75) is 6.92 Å². The number of aromatic nitrogens is 3. The average Bonchev–Trinajstić information content (AvgIpc) is 2.84. The number of hydrogen-bond acceptors (Lipinski definition) is 8. The molecule has 8 nitrogen and oxygen atoms in total. The van der Waals surface area contributed by atoms with Gasteiger partial charge in [-0.2, -0.15) is 0 Å². The highest BCUT2D eigenvalue weighted by molar-refractivity contribution is 5.90. The molecule has 4 rings (SSSR count). The number of phenols is 2. The van der Waals surface area contributed by atoms with Crippen molar-refractivity contribution in [3.8, 4) is 51.4 Å². The van der Waals surface area contributed by atoms with Crippen molar-refractivity contribution in [2.24, 2.45) is 0 Å². The Balaban J connectivity index is 1.85. The van der Waals surface area contributed by atoms with E-state index in [2.05, 4.69) is 15.0 Å². The third-order valence-electron chi connectivity index (χ3n) is 4.88. The van der Waals surface area contributed by atoms with Crippen LogP contribution >= 0.6 is 0 Å². The van der Waals surface area contributed by atoms with E-state index < -0.39 is 5.97 Å². The van der Waals surface area contributed by atoms with Crippen molar-refractivity contribution in [3.05, 3.63) is 72.3 Å². The van der Waals surface area contributed by atoms with Crippen molar-refractivity contribution in [3.63, 3.8) is 0 Å². The Morgan fingerprint density at radius 2 is 1.45 bits per heavy atom. The Bertz CT molecular complexity index is 1310. The predicted octanol–water partition coefficient (Wildman–Crippen LogP) is 4.47. The van der Waals surface area contributed by atoms with Crippen molar-refractivity contribution >= 4 is 5.97 Å². The molecule has 0 spiro atoms. The van der Waals surface area contributed by atoms with Crippen LogP contribution in [0.2, 0.25) is 0 Å². The van der Waals surface area contributed by atoms with Gasteiger partial charge in [0, 0.05) is 11.6 Å². The summed E-state index contributed by atoms with van der Waals surface area (Å²) in [6, 6.07) is 18.1. The minimum atomic E-state index is -0.418. The molecule has 1 heterocycles.